The number of aliphatic imine (C=N–C) groups is 1. The van der Waals surface area contributed by atoms with Crippen molar-refractivity contribution in [2.75, 3.05) is 13.2 Å². The Morgan fingerprint density at radius 3 is 2.59 bits per heavy atom. The lowest BCUT2D eigenvalue weighted by atomic mass is 9.87. The normalized spacial score (nSPS) is 21.7. The van der Waals surface area contributed by atoms with Crippen molar-refractivity contribution in [2.24, 2.45) is 16.8 Å². The summed E-state index contributed by atoms with van der Waals surface area (Å²) in [6, 6.07) is 15.2. The van der Waals surface area contributed by atoms with Crippen LogP contribution < -0.4 is 5.32 Å². The fraction of sp³-hybridized carbons (Fsp3) is 0.444. The molecule has 0 radical (unpaired) electrons. The van der Waals surface area contributed by atoms with Gasteiger partial charge in [-0.2, -0.15) is 0 Å². The molecule has 1 heterocycles. The number of hydrogen-bond donors (Lipinski definition) is 2. The number of carboxylic acid groups (broad SMARTS) is 1. The van der Waals surface area contributed by atoms with Gasteiger partial charge in [0.1, 0.15) is 6.61 Å². The maximum absolute atomic E-state index is 12.6. The van der Waals surface area contributed by atoms with Gasteiger partial charge in [0.2, 0.25) is 5.91 Å². The third-order valence-corrected chi connectivity index (χ3v) is 7.04. The highest BCUT2D eigenvalue weighted by Crippen LogP contribution is 2.37. The smallest absolute Gasteiger partial charge is 0.303 e. The third kappa shape index (κ3) is 6.38. The van der Waals surface area contributed by atoms with Crippen LogP contribution in [0.1, 0.15) is 42.4 Å². The van der Waals surface area contributed by atoms with E-state index in [0.29, 0.717) is 36.4 Å². The van der Waals surface area contributed by atoms with E-state index in [2.05, 4.69) is 16.4 Å². The summed E-state index contributed by atoms with van der Waals surface area (Å²) in [6.07, 6.45) is 5.48. The number of carbonyl (C=O) groups is 2. The second kappa shape index (κ2) is 11.5. The van der Waals surface area contributed by atoms with Crippen molar-refractivity contribution in [3.8, 4) is 0 Å². The van der Waals surface area contributed by atoms with Crippen molar-refractivity contribution in [1.82, 2.24) is 5.32 Å². The molecule has 2 aromatic rings. The molecule has 1 fully saturated rings. The number of halogens is 1. The van der Waals surface area contributed by atoms with Crippen molar-refractivity contribution in [2.45, 2.75) is 51.0 Å². The highest BCUT2D eigenvalue weighted by atomic mass is 35.5. The molecule has 0 aromatic heterocycles. The molecule has 7 heteroatoms. The van der Waals surface area contributed by atoms with Crippen LogP contribution in [-0.4, -0.2) is 42.1 Å². The minimum absolute atomic E-state index is 0.0995. The summed E-state index contributed by atoms with van der Waals surface area (Å²) in [4.78, 5) is 28.3. The van der Waals surface area contributed by atoms with Crippen molar-refractivity contribution in [3.05, 3.63) is 70.2 Å². The molecule has 2 aliphatic rings. The van der Waals surface area contributed by atoms with Gasteiger partial charge in [0.05, 0.1) is 0 Å². The molecular formula is C27H31ClN2O4. The molecule has 1 aliphatic heterocycles. The fourth-order valence-corrected chi connectivity index (χ4v) is 5.09. The van der Waals surface area contributed by atoms with Gasteiger partial charge in [-0.25, -0.2) is 4.99 Å². The van der Waals surface area contributed by atoms with E-state index in [1.807, 2.05) is 42.5 Å². The largest absolute Gasteiger partial charge is 0.481 e. The minimum Gasteiger partial charge on any atom is -0.481 e. The predicted octanol–water partition coefficient (Wildman–Crippen LogP) is 4.47. The van der Waals surface area contributed by atoms with Crippen LogP contribution in [0.15, 0.2) is 53.5 Å². The maximum atomic E-state index is 12.6. The van der Waals surface area contributed by atoms with Crippen LogP contribution in [0.4, 0.5) is 0 Å². The standard InChI is InChI=1S/C27H31ClN2O4/c28-22-11-8-18(9-12-22)14-15-29-26(33)24-17-34-27(30-24)23-7-3-6-21(23)16-20-5-2-1-4-19(20)10-13-25(31)32/h1-2,4-5,8-9,11-12,21,23-24H,3,6-7,10,13-17H2,(H,29,33)(H,31,32). The Morgan fingerprint density at radius 1 is 1.06 bits per heavy atom. The molecule has 34 heavy (non-hydrogen) atoms. The Bertz CT molecular complexity index is 1040. The molecule has 3 atom stereocenters. The maximum Gasteiger partial charge on any atom is 0.303 e. The molecule has 3 unspecified atom stereocenters. The highest BCUT2D eigenvalue weighted by molar-refractivity contribution is 6.30. The van der Waals surface area contributed by atoms with E-state index in [0.717, 1.165) is 43.2 Å². The summed E-state index contributed by atoms with van der Waals surface area (Å²) in [5.74, 6) is 0.427. The van der Waals surface area contributed by atoms with Gasteiger partial charge in [-0.1, -0.05) is 54.4 Å². The number of ether oxygens (including phenoxy) is 1. The lowest BCUT2D eigenvalue weighted by molar-refractivity contribution is -0.137. The number of carboxylic acids is 1. The third-order valence-electron chi connectivity index (χ3n) is 6.79. The first-order valence-corrected chi connectivity index (χ1v) is 12.4. The van der Waals surface area contributed by atoms with Gasteiger partial charge in [0, 0.05) is 23.9 Å². The van der Waals surface area contributed by atoms with Gasteiger partial charge in [0.25, 0.3) is 0 Å². The predicted molar refractivity (Wildman–Crippen MR) is 132 cm³/mol. The van der Waals surface area contributed by atoms with Crippen LogP contribution in [-0.2, 0) is 33.6 Å². The first-order valence-electron chi connectivity index (χ1n) is 12.0. The van der Waals surface area contributed by atoms with Gasteiger partial charge < -0.3 is 15.2 Å². The molecule has 4 rings (SSSR count). The number of aliphatic carboxylic acids is 1. The SMILES string of the molecule is O=C(O)CCc1ccccc1CC1CCCC1C1=NC(C(=O)NCCc2ccc(Cl)cc2)CO1. The Hall–Kier alpha value is -2.86. The molecule has 0 bridgehead atoms. The molecule has 1 saturated carbocycles. The monoisotopic (exact) mass is 482 g/mol. The molecule has 0 spiro atoms. The van der Waals surface area contributed by atoms with Crippen LogP contribution in [0.3, 0.4) is 0 Å². The minimum atomic E-state index is -0.778. The zero-order chi connectivity index (χ0) is 23.9. The molecule has 2 N–H and O–H groups in total. The van der Waals surface area contributed by atoms with Crippen molar-refractivity contribution < 1.29 is 19.4 Å². The van der Waals surface area contributed by atoms with Crippen molar-refractivity contribution in [1.29, 1.82) is 0 Å². The number of carbonyl (C=O) groups excluding carboxylic acids is 1. The average Bonchev–Trinajstić information content (AvgIpc) is 3.49. The van der Waals surface area contributed by atoms with Crippen molar-refractivity contribution >= 4 is 29.4 Å². The number of amides is 1. The van der Waals surface area contributed by atoms with E-state index >= 15 is 0 Å². The summed E-state index contributed by atoms with van der Waals surface area (Å²) in [5, 5.41) is 12.7. The summed E-state index contributed by atoms with van der Waals surface area (Å²) in [7, 11) is 0. The van der Waals surface area contributed by atoms with E-state index in [-0.39, 0.29) is 18.2 Å². The quantitative estimate of drug-likeness (QED) is 0.523. The molecule has 6 nitrogen and oxygen atoms in total. The molecule has 180 valence electrons. The first kappa shape index (κ1) is 24.3. The van der Waals surface area contributed by atoms with E-state index in [9.17, 15) is 9.59 Å². The van der Waals surface area contributed by atoms with Gasteiger partial charge >= 0.3 is 5.97 Å². The number of rotatable bonds is 10. The number of benzene rings is 2. The van der Waals surface area contributed by atoms with Crippen molar-refractivity contribution in [3.63, 3.8) is 0 Å². The van der Waals surface area contributed by atoms with Crippen LogP contribution >= 0.6 is 11.6 Å². The van der Waals surface area contributed by atoms with E-state index in [1.165, 1.54) is 5.56 Å². The Labute approximate surface area is 205 Å². The zero-order valence-electron chi connectivity index (χ0n) is 19.2. The van der Waals surface area contributed by atoms with Crippen LogP contribution in [0.25, 0.3) is 0 Å². The van der Waals surface area contributed by atoms with E-state index < -0.39 is 12.0 Å². The number of nitrogens with one attached hydrogen (secondary N) is 1. The van der Waals surface area contributed by atoms with Gasteiger partial charge in [-0.15, -0.1) is 0 Å². The molecule has 1 aliphatic carbocycles. The molecular weight excluding hydrogens is 452 g/mol. The fourth-order valence-electron chi connectivity index (χ4n) is 4.96. The first-order chi connectivity index (χ1) is 16.5. The van der Waals surface area contributed by atoms with Crippen LogP contribution in [0.5, 0.6) is 0 Å². The van der Waals surface area contributed by atoms with Gasteiger partial charge in [-0.3, -0.25) is 9.59 Å². The molecule has 1 amide bonds. The summed E-state index contributed by atoms with van der Waals surface area (Å²) >= 11 is 5.92. The lowest BCUT2D eigenvalue weighted by Crippen LogP contribution is -2.35. The summed E-state index contributed by atoms with van der Waals surface area (Å²) in [5.41, 5.74) is 3.42. The average molecular weight is 483 g/mol. The van der Waals surface area contributed by atoms with Crippen LogP contribution in [0, 0.1) is 11.8 Å². The Kier molecular flexibility index (Phi) is 8.22. The van der Waals surface area contributed by atoms with Gasteiger partial charge in [0.15, 0.2) is 11.9 Å². The topological polar surface area (TPSA) is 88.0 Å². The highest BCUT2D eigenvalue weighted by Gasteiger charge is 2.37. The lowest BCUT2D eigenvalue weighted by Gasteiger charge is -2.20. The molecule has 2 aromatic carbocycles. The number of aryl methyl sites for hydroxylation is 1. The Morgan fingerprint density at radius 2 is 1.82 bits per heavy atom. The zero-order valence-corrected chi connectivity index (χ0v) is 20.0. The van der Waals surface area contributed by atoms with Crippen LogP contribution in [0.2, 0.25) is 5.02 Å². The number of hydrogen-bond acceptors (Lipinski definition) is 4. The second-order valence-electron chi connectivity index (χ2n) is 9.13. The van der Waals surface area contributed by atoms with E-state index in [4.69, 9.17) is 21.4 Å². The van der Waals surface area contributed by atoms with Gasteiger partial charge in [-0.05, 0) is 66.8 Å². The second-order valence-corrected chi connectivity index (χ2v) is 9.56. The summed E-state index contributed by atoms with van der Waals surface area (Å²) in [6.45, 7) is 0.835. The molecule has 0 saturated heterocycles. The van der Waals surface area contributed by atoms with E-state index in [1.54, 1.807) is 0 Å². The summed E-state index contributed by atoms with van der Waals surface area (Å²) < 4.78 is 5.92. The Balaban J connectivity index is 1.32. The number of nitrogens with zero attached hydrogens (tertiary/aromatic N) is 1.